The maximum Gasteiger partial charge on any atom is 0.324 e. The molecule has 0 radical (unpaired) electrons. The second kappa shape index (κ2) is 6.83. The summed E-state index contributed by atoms with van der Waals surface area (Å²) in [5, 5.41) is 10.1. The van der Waals surface area contributed by atoms with Gasteiger partial charge in [-0.3, -0.25) is 5.32 Å². The van der Waals surface area contributed by atoms with E-state index in [2.05, 4.69) is 15.7 Å². The lowest BCUT2D eigenvalue weighted by Crippen LogP contribution is -2.23. The highest BCUT2D eigenvalue weighted by molar-refractivity contribution is 5.99. The number of nitrogens with one attached hydrogen (secondary N) is 2. The van der Waals surface area contributed by atoms with Crippen molar-refractivity contribution >= 4 is 17.5 Å². The highest BCUT2D eigenvalue weighted by Crippen LogP contribution is 2.19. The van der Waals surface area contributed by atoms with Crippen LogP contribution in [0.25, 0.3) is 0 Å². The van der Waals surface area contributed by atoms with Crippen molar-refractivity contribution in [2.75, 3.05) is 23.8 Å². The molecule has 1 aromatic heterocycles. The van der Waals surface area contributed by atoms with E-state index in [0.717, 1.165) is 43.0 Å². The highest BCUT2D eigenvalue weighted by atomic mass is 16.5. The predicted octanol–water partition coefficient (Wildman–Crippen LogP) is 3.18. The molecule has 1 unspecified atom stereocenters. The van der Waals surface area contributed by atoms with Crippen molar-refractivity contribution in [3.63, 3.8) is 0 Å². The van der Waals surface area contributed by atoms with Gasteiger partial charge in [-0.1, -0.05) is 12.1 Å². The molecule has 0 saturated carbocycles. The molecule has 2 N–H and O–H groups in total. The molecule has 2 aromatic rings. The summed E-state index contributed by atoms with van der Waals surface area (Å²) in [6.07, 6.45) is 2.73. The molecule has 1 atom stereocenters. The Morgan fingerprint density at radius 1 is 1.35 bits per heavy atom. The van der Waals surface area contributed by atoms with Crippen LogP contribution in [0, 0.1) is 19.8 Å². The summed E-state index contributed by atoms with van der Waals surface area (Å²) >= 11 is 0. The Labute approximate surface area is 135 Å². The first-order chi connectivity index (χ1) is 11.1. The van der Waals surface area contributed by atoms with Crippen LogP contribution in [0.3, 0.4) is 0 Å². The SMILES string of the molecule is Cc1ccc(C)c(NC(=O)Nc2ccnn2CC2CCOC2)c1. The molecule has 6 nitrogen and oxygen atoms in total. The van der Waals surface area contributed by atoms with Gasteiger partial charge < -0.3 is 10.1 Å². The third kappa shape index (κ3) is 3.90. The first-order valence-corrected chi connectivity index (χ1v) is 7.86. The molecule has 2 amide bonds. The molecule has 1 saturated heterocycles. The number of hydrogen-bond acceptors (Lipinski definition) is 3. The van der Waals surface area contributed by atoms with Crippen molar-refractivity contribution in [2.45, 2.75) is 26.8 Å². The zero-order valence-electron chi connectivity index (χ0n) is 13.5. The average Bonchev–Trinajstić information content (AvgIpc) is 3.16. The molecule has 0 aliphatic carbocycles. The van der Waals surface area contributed by atoms with Gasteiger partial charge in [0.15, 0.2) is 0 Å². The number of carbonyl (C=O) groups is 1. The zero-order chi connectivity index (χ0) is 16.2. The van der Waals surface area contributed by atoms with E-state index < -0.39 is 0 Å². The molecule has 2 heterocycles. The number of aryl methyl sites for hydroxylation is 2. The van der Waals surface area contributed by atoms with Crippen molar-refractivity contribution in [1.82, 2.24) is 9.78 Å². The lowest BCUT2D eigenvalue weighted by molar-refractivity contribution is 0.181. The second-order valence-electron chi connectivity index (χ2n) is 6.03. The molecule has 1 aliphatic rings. The summed E-state index contributed by atoms with van der Waals surface area (Å²) in [4.78, 5) is 12.2. The van der Waals surface area contributed by atoms with E-state index in [1.807, 2.05) is 36.7 Å². The molecule has 1 aliphatic heterocycles. The minimum atomic E-state index is -0.261. The Kier molecular flexibility index (Phi) is 4.62. The fourth-order valence-corrected chi connectivity index (χ4v) is 2.70. The first kappa shape index (κ1) is 15.6. The Morgan fingerprint density at radius 2 is 2.22 bits per heavy atom. The molecule has 6 heteroatoms. The summed E-state index contributed by atoms with van der Waals surface area (Å²) in [7, 11) is 0. The summed E-state index contributed by atoms with van der Waals surface area (Å²) in [5.74, 6) is 1.15. The number of anilines is 2. The number of rotatable bonds is 4. The number of benzene rings is 1. The van der Waals surface area contributed by atoms with Gasteiger partial charge in [-0.05, 0) is 37.5 Å². The standard InChI is InChI=1S/C17H22N4O2/c1-12-3-4-13(2)15(9-12)19-17(22)20-16-5-7-18-21(16)10-14-6-8-23-11-14/h3-5,7,9,14H,6,8,10-11H2,1-2H3,(H2,19,20,22). The van der Waals surface area contributed by atoms with Crippen LogP contribution in [-0.4, -0.2) is 29.0 Å². The van der Waals surface area contributed by atoms with Gasteiger partial charge in [0.05, 0.1) is 12.8 Å². The third-order valence-corrected chi connectivity index (χ3v) is 4.05. The van der Waals surface area contributed by atoms with E-state index in [1.165, 1.54) is 0 Å². The number of aromatic nitrogens is 2. The van der Waals surface area contributed by atoms with Crippen molar-refractivity contribution in [2.24, 2.45) is 5.92 Å². The number of ether oxygens (including phenoxy) is 1. The van der Waals surface area contributed by atoms with Crippen LogP contribution < -0.4 is 10.6 Å². The van der Waals surface area contributed by atoms with E-state index >= 15 is 0 Å². The Balaban J connectivity index is 1.64. The highest BCUT2D eigenvalue weighted by Gasteiger charge is 2.18. The largest absolute Gasteiger partial charge is 0.381 e. The minimum Gasteiger partial charge on any atom is -0.381 e. The normalized spacial score (nSPS) is 17.2. The van der Waals surface area contributed by atoms with Crippen LogP contribution >= 0.6 is 0 Å². The van der Waals surface area contributed by atoms with Gasteiger partial charge in [-0.25, -0.2) is 9.48 Å². The van der Waals surface area contributed by atoms with Gasteiger partial charge in [0, 0.05) is 30.8 Å². The molecular weight excluding hydrogens is 292 g/mol. The van der Waals surface area contributed by atoms with Crippen LogP contribution in [0.15, 0.2) is 30.5 Å². The van der Waals surface area contributed by atoms with Crippen molar-refractivity contribution in [3.8, 4) is 0 Å². The summed E-state index contributed by atoms with van der Waals surface area (Å²) in [6.45, 7) is 6.29. The quantitative estimate of drug-likeness (QED) is 0.910. The lowest BCUT2D eigenvalue weighted by atomic mass is 10.1. The molecule has 3 rings (SSSR count). The van der Waals surface area contributed by atoms with Crippen molar-refractivity contribution < 1.29 is 9.53 Å². The molecule has 23 heavy (non-hydrogen) atoms. The smallest absolute Gasteiger partial charge is 0.324 e. The molecule has 1 aromatic carbocycles. The maximum absolute atomic E-state index is 12.2. The minimum absolute atomic E-state index is 0.261. The van der Waals surface area contributed by atoms with Crippen LogP contribution in [0.2, 0.25) is 0 Å². The maximum atomic E-state index is 12.2. The Morgan fingerprint density at radius 3 is 3.00 bits per heavy atom. The number of carbonyl (C=O) groups excluding carboxylic acids is 1. The van der Waals surface area contributed by atoms with E-state index in [1.54, 1.807) is 12.3 Å². The number of hydrogen-bond donors (Lipinski definition) is 2. The molecule has 122 valence electrons. The van der Waals surface area contributed by atoms with Crippen molar-refractivity contribution in [3.05, 3.63) is 41.6 Å². The van der Waals surface area contributed by atoms with Gasteiger partial charge in [0.2, 0.25) is 0 Å². The number of nitrogens with zero attached hydrogens (tertiary/aromatic N) is 2. The Hall–Kier alpha value is -2.34. The summed E-state index contributed by atoms with van der Waals surface area (Å²) < 4.78 is 7.21. The van der Waals surface area contributed by atoms with Gasteiger partial charge >= 0.3 is 6.03 Å². The fraction of sp³-hybridized carbons (Fsp3) is 0.412. The predicted molar refractivity (Wildman–Crippen MR) is 89.7 cm³/mol. The summed E-state index contributed by atoms with van der Waals surface area (Å²) in [5.41, 5.74) is 2.96. The average molecular weight is 314 g/mol. The van der Waals surface area contributed by atoms with Crippen LogP contribution in [0.1, 0.15) is 17.5 Å². The molecular formula is C17H22N4O2. The van der Waals surface area contributed by atoms with Gasteiger partial charge in [0.25, 0.3) is 0 Å². The van der Waals surface area contributed by atoms with E-state index in [9.17, 15) is 4.79 Å². The van der Waals surface area contributed by atoms with Gasteiger partial charge in [-0.2, -0.15) is 5.10 Å². The monoisotopic (exact) mass is 314 g/mol. The third-order valence-electron chi connectivity index (χ3n) is 4.05. The van der Waals surface area contributed by atoms with Gasteiger partial charge in [-0.15, -0.1) is 0 Å². The van der Waals surface area contributed by atoms with E-state index in [0.29, 0.717) is 11.7 Å². The summed E-state index contributed by atoms with van der Waals surface area (Å²) in [6, 6.07) is 7.52. The van der Waals surface area contributed by atoms with Crippen LogP contribution in [0.5, 0.6) is 0 Å². The number of amides is 2. The fourth-order valence-electron chi connectivity index (χ4n) is 2.70. The number of urea groups is 1. The van der Waals surface area contributed by atoms with Crippen LogP contribution in [0.4, 0.5) is 16.3 Å². The second-order valence-corrected chi connectivity index (χ2v) is 6.03. The molecule has 1 fully saturated rings. The Bertz CT molecular complexity index is 690. The van der Waals surface area contributed by atoms with E-state index in [4.69, 9.17) is 4.74 Å². The van der Waals surface area contributed by atoms with Crippen LogP contribution in [-0.2, 0) is 11.3 Å². The first-order valence-electron chi connectivity index (χ1n) is 7.86. The lowest BCUT2D eigenvalue weighted by Gasteiger charge is -2.13. The topological polar surface area (TPSA) is 68.2 Å². The zero-order valence-corrected chi connectivity index (χ0v) is 13.5. The van der Waals surface area contributed by atoms with Crippen molar-refractivity contribution in [1.29, 1.82) is 0 Å². The van der Waals surface area contributed by atoms with E-state index in [-0.39, 0.29) is 6.03 Å². The molecule has 0 bridgehead atoms. The molecule has 0 spiro atoms. The van der Waals surface area contributed by atoms with Gasteiger partial charge in [0.1, 0.15) is 5.82 Å².